The Morgan fingerprint density at radius 1 is 1.00 bits per heavy atom. The van der Waals surface area contributed by atoms with Crippen LogP contribution in [0.1, 0.15) is 20.8 Å². The first-order valence-corrected chi connectivity index (χ1v) is 5.17. The van der Waals surface area contributed by atoms with Crippen molar-refractivity contribution in [1.29, 1.82) is 0 Å². The second-order valence-electron chi connectivity index (χ2n) is 2.07. The van der Waals surface area contributed by atoms with Gasteiger partial charge in [0.25, 0.3) is 0 Å². The number of halogens is 1. The summed E-state index contributed by atoms with van der Waals surface area (Å²) in [4.78, 5) is 2.38. The van der Waals surface area contributed by atoms with Crippen LogP contribution in [0.2, 0.25) is 0 Å². The molecule has 13 heavy (non-hydrogen) atoms. The smallest absolute Gasteiger partial charge is 0.304 e. The van der Waals surface area contributed by atoms with Crippen LogP contribution >= 0.6 is 12.4 Å². The lowest BCUT2D eigenvalue weighted by Gasteiger charge is -2.13. The standard InChI is InChI=1S/C6H15N.ClH.H2O4S/c1-4-7(5-2)6-3;;1-5(2,3)4/h4-6H2,1-3H3;1H;(H2,1,2,3,4). The molecule has 0 amide bonds. The third-order valence-electron chi connectivity index (χ3n) is 1.34. The third kappa shape index (κ3) is 33.1. The molecule has 0 rings (SSSR count). The molecule has 0 aliphatic heterocycles. The monoisotopic (exact) mass is 235 g/mol. The zero-order valence-electron chi connectivity index (χ0n) is 8.10. The van der Waals surface area contributed by atoms with Gasteiger partial charge in [-0.2, -0.15) is 8.42 Å². The first kappa shape index (κ1) is 18.8. The summed E-state index contributed by atoms with van der Waals surface area (Å²) in [7, 11) is -4.67. The Morgan fingerprint density at radius 2 is 1.15 bits per heavy atom. The van der Waals surface area contributed by atoms with Gasteiger partial charge in [0.2, 0.25) is 0 Å². The van der Waals surface area contributed by atoms with E-state index in [1.165, 1.54) is 19.6 Å². The Hall–Kier alpha value is 0.120. The quantitative estimate of drug-likeness (QED) is 0.717. The van der Waals surface area contributed by atoms with Crippen LogP contribution in [0.5, 0.6) is 0 Å². The van der Waals surface area contributed by atoms with Crippen LogP contribution in [0.25, 0.3) is 0 Å². The zero-order valence-corrected chi connectivity index (χ0v) is 9.73. The highest BCUT2D eigenvalue weighted by atomic mass is 35.5. The summed E-state index contributed by atoms with van der Waals surface area (Å²) in [5, 5.41) is 0. The summed E-state index contributed by atoms with van der Waals surface area (Å²) in [6.45, 7) is 10.1. The fourth-order valence-electron chi connectivity index (χ4n) is 0.671. The molecule has 0 unspecified atom stereocenters. The van der Waals surface area contributed by atoms with E-state index in [4.69, 9.17) is 17.5 Å². The summed E-state index contributed by atoms with van der Waals surface area (Å²) < 4.78 is 31.6. The van der Waals surface area contributed by atoms with Gasteiger partial charge in [0.1, 0.15) is 0 Å². The number of hydrogen-bond acceptors (Lipinski definition) is 3. The van der Waals surface area contributed by atoms with Gasteiger partial charge in [0.15, 0.2) is 0 Å². The molecule has 2 N–H and O–H groups in total. The van der Waals surface area contributed by atoms with E-state index in [9.17, 15) is 0 Å². The predicted octanol–water partition coefficient (Wildman–Crippen LogP) is 1.12. The van der Waals surface area contributed by atoms with Crippen LogP contribution in [0.4, 0.5) is 0 Å². The van der Waals surface area contributed by atoms with E-state index in [-0.39, 0.29) is 12.4 Å². The summed E-state index contributed by atoms with van der Waals surface area (Å²) in [6.07, 6.45) is 0. The number of nitrogens with zero attached hydrogens (tertiary/aromatic N) is 1. The highest BCUT2D eigenvalue weighted by molar-refractivity contribution is 7.79. The average Bonchev–Trinajstić information content (AvgIpc) is 1.88. The minimum atomic E-state index is -4.67. The Morgan fingerprint density at radius 3 is 1.15 bits per heavy atom. The van der Waals surface area contributed by atoms with Gasteiger partial charge in [-0.25, -0.2) is 0 Å². The van der Waals surface area contributed by atoms with Crippen molar-refractivity contribution in [3.63, 3.8) is 0 Å². The molecule has 0 aromatic carbocycles. The van der Waals surface area contributed by atoms with E-state index in [0.29, 0.717) is 0 Å². The van der Waals surface area contributed by atoms with Crippen molar-refractivity contribution in [3.05, 3.63) is 0 Å². The SMILES string of the molecule is CCN(CC)CC.Cl.O=S(=O)(O)O. The molecule has 0 spiro atoms. The lowest BCUT2D eigenvalue weighted by Crippen LogP contribution is -2.21. The van der Waals surface area contributed by atoms with Gasteiger partial charge in [0.05, 0.1) is 0 Å². The van der Waals surface area contributed by atoms with Crippen molar-refractivity contribution in [2.75, 3.05) is 19.6 Å². The van der Waals surface area contributed by atoms with E-state index in [1.54, 1.807) is 0 Å². The van der Waals surface area contributed by atoms with Gasteiger partial charge in [0, 0.05) is 0 Å². The van der Waals surface area contributed by atoms with E-state index in [0.717, 1.165) is 0 Å². The molecule has 0 aliphatic rings. The van der Waals surface area contributed by atoms with Gasteiger partial charge in [-0.1, -0.05) is 20.8 Å². The number of hydrogen-bond donors (Lipinski definition) is 2. The molecule has 0 aromatic rings. The van der Waals surface area contributed by atoms with E-state index in [2.05, 4.69) is 25.7 Å². The molecule has 0 saturated carbocycles. The van der Waals surface area contributed by atoms with Crippen molar-refractivity contribution < 1.29 is 17.5 Å². The highest BCUT2D eigenvalue weighted by Crippen LogP contribution is 1.81. The Balaban J connectivity index is -0.000000150. The fraction of sp³-hybridized carbons (Fsp3) is 1.00. The summed E-state index contributed by atoms with van der Waals surface area (Å²) in [5.41, 5.74) is 0. The zero-order chi connectivity index (χ0) is 10.2. The highest BCUT2D eigenvalue weighted by Gasteiger charge is 1.89. The van der Waals surface area contributed by atoms with Gasteiger partial charge in [-0.15, -0.1) is 12.4 Å². The summed E-state index contributed by atoms with van der Waals surface area (Å²) in [6, 6.07) is 0. The van der Waals surface area contributed by atoms with Crippen LogP contribution in [0, 0.1) is 0 Å². The van der Waals surface area contributed by atoms with Gasteiger partial charge >= 0.3 is 10.4 Å². The van der Waals surface area contributed by atoms with Gasteiger partial charge in [-0.05, 0) is 19.6 Å². The molecule has 84 valence electrons. The van der Waals surface area contributed by atoms with Crippen LogP contribution < -0.4 is 0 Å². The second kappa shape index (κ2) is 10.2. The molecule has 0 radical (unpaired) electrons. The van der Waals surface area contributed by atoms with Gasteiger partial charge < -0.3 is 4.90 Å². The molecule has 0 aliphatic carbocycles. The molecule has 7 heteroatoms. The second-order valence-corrected chi connectivity index (χ2v) is 2.96. The summed E-state index contributed by atoms with van der Waals surface area (Å²) >= 11 is 0. The van der Waals surface area contributed by atoms with Crippen molar-refractivity contribution in [3.8, 4) is 0 Å². The molecule has 0 saturated heterocycles. The van der Waals surface area contributed by atoms with Crippen LogP contribution in [-0.4, -0.2) is 42.1 Å². The van der Waals surface area contributed by atoms with Crippen LogP contribution in [-0.2, 0) is 10.4 Å². The Kier molecular flexibility index (Phi) is 14.8. The van der Waals surface area contributed by atoms with Crippen LogP contribution in [0.3, 0.4) is 0 Å². The van der Waals surface area contributed by atoms with Gasteiger partial charge in [-0.3, -0.25) is 9.11 Å². The molecule has 0 fully saturated rings. The largest absolute Gasteiger partial charge is 0.394 e. The first-order chi connectivity index (χ1) is 5.35. The molecule has 0 bridgehead atoms. The van der Waals surface area contributed by atoms with E-state index < -0.39 is 10.4 Å². The lowest BCUT2D eigenvalue weighted by atomic mass is 10.5. The topological polar surface area (TPSA) is 77.8 Å². The summed E-state index contributed by atoms with van der Waals surface area (Å²) in [5.74, 6) is 0. The molecule has 0 atom stereocenters. The molecular formula is C6H18ClNO4S. The first-order valence-electron chi connectivity index (χ1n) is 3.77. The maximum absolute atomic E-state index is 8.74. The fourth-order valence-corrected chi connectivity index (χ4v) is 0.671. The lowest BCUT2D eigenvalue weighted by molar-refractivity contribution is 0.321. The number of rotatable bonds is 3. The molecule has 5 nitrogen and oxygen atoms in total. The maximum atomic E-state index is 8.74. The van der Waals surface area contributed by atoms with Crippen molar-refractivity contribution in [2.45, 2.75) is 20.8 Å². The van der Waals surface area contributed by atoms with Crippen molar-refractivity contribution in [2.24, 2.45) is 0 Å². The predicted molar refractivity (Wildman–Crippen MR) is 54.9 cm³/mol. The Labute approximate surface area is 86.1 Å². The molecule has 0 aromatic heterocycles. The van der Waals surface area contributed by atoms with Crippen molar-refractivity contribution in [1.82, 2.24) is 4.90 Å². The maximum Gasteiger partial charge on any atom is 0.394 e. The minimum Gasteiger partial charge on any atom is -0.304 e. The van der Waals surface area contributed by atoms with Crippen molar-refractivity contribution >= 4 is 22.8 Å². The molecular weight excluding hydrogens is 218 g/mol. The van der Waals surface area contributed by atoms with E-state index in [1.807, 2.05) is 0 Å². The van der Waals surface area contributed by atoms with Crippen LogP contribution in [0.15, 0.2) is 0 Å². The Bertz CT molecular complexity index is 166. The normalized spacial score (nSPS) is 10.0. The third-order valence-corrected chi connectivity index (χ3v) is 1.34. The van der Waals surface area contributed by atoms with E-state index >= 15 is 0 Å². The average molecular weight is 236 g/mol. The molecule has 0 heterocycles. The minimum absolute atomic E-state index is 0.